The minimum absolute atomic E-state index is 0.113. The Bertz CT molecular complexity index is 989. The highest BCUT2D eigenvalue weighted by Gasteiger charge is 2.24. The molecule has 0 fully saturated rings. The Morgan fingerprint density at radius 2 is 1.96 bits per heavy atom. The van der Waals surface area contributed by atoms with Gasteiger partial charge in [-0.15, -0.1) is 0 Å². The average molecular weight is 350 g/mol. The molecule has 2 aromatic heterocycles. The van der Waals surface area contributed by atoms with Crippen LogP contribution in [0.25, 0.3) is 0 Å². The predicted octanol–water partition coefficient (Wildman–Crippen LogP) is 2.74. The molecule has 0 saturated carbocycles. The van der Waals surface area contributed by atoms with Gasteiger partial charge in [0.2, 0.25) is 0 Å². The molecule has 0 aliphatic carbocycles. The van der Waals surface area contributed by atoms with E-state index in [9.17, 15) is 9.59 Å². The van der Waals surface area contributed by atoms with Crippen LogP contribution in [0.3, 0.4) is 0 Å². The Kier molecular flexibility index (Phi) is 4.31. The number of nitrogens with zero attached hydrogens (tertiary/aromatic N) is 1. The highest BCUT2D eigenvalue weighted by molar-refractivity contribution is 5.91. The van der Waals surface area contributed by atoms with Gasteiger partial charge in [0.15, 0.2) is 5.76 Å². The summed E-state index contributed by atoms with van der Waals surface area (Å²) in [6.45, 7) is 0.843. The molecule has 3 heterocycles. The van der Waals surface area contributed by atoms with Gasteiger partial charge in [-0.1, -0.05) is 24.3 Å². The largest absolute Gasteiger partial charge is 0.493 e. The van der Waals surface area contributed by atoms with Crippen LogP contribution in [0.4, 0.5) is 0 Å². The van der Waals surface area contributed by atoms with Crippen molar-refractivity contribution < 1.29 is 13.9 Å². The second-order valence-electron chi connectivity index (χ2n) is 6.13. The number of carbonyl (C=O) groups excluding carboxylic acids is 1. The number of aromatic nitrogens is 1. The van der Waals surface area contributed by atoms with Crippen LogP contribution in [0.2, 0.25) is 0 Å². The van der Waals surface area contributed by atoms with Crippen LogP contribution in [0.15, 0.2) is 70.0 Å². The number of hydrogen-bond donors (Lipinski definition) is 1. The zero-order valence-corrected chi connectivity index (χ0v) is 14.1. The van der Waals surface area contributed by atoms with Crippen molar-refractivity contribution in [2.45, 2.75) is 19.0 Å². The van der Waals surface area contributed by atoms with Gasteiger partial charge in [0.25, 0.3) is 11.5 Å². The molecule has 6 heteroatoms. The molecule has 1 amide bonds. The number of para-hydroxylation sites is 1. The summed E-state index contributed by atoms with van der Waals surface area (Å²) in [6, 6.07) is 15.9. The first-order valence-electron chi connectivity index (χ1n) is 8.47. The van der Waals surface area contributed by atoms with Gasteiger partial charge in [0, 0.05) is 24.2 Å². The first-order valence-corrected chi connectivity index (χ1v) is 8.47. The van der Waals surface area contributed by atoms with E-state index >= 15 is 0 Å². The second-order valence-corrected chi connectivity index (χ2v) is 6.13. The van der Waals surface area contributed by atoms with E-state index in [1.54, 1.807) is 30.5 Å². The SMILES string of the molecule is O=C(NC1CCOc2ccccc21)c1ccc(Cn2ccccc2=O)o1. The van der Waals surface area contributed by atoms with Gasteiger partial charge >= 0.3 is 0 Å². The Hall–Kier alpha value is -3.28. The summed E-state index contributed by atoms with van der Waals surface area (Å²) in [5.41, 5.74) is 0.850. The van der Waals surface area contributed by atoms with E-state index in [-0.39, 0.29) is 29.8 Å². The number of furan rings is 1. The van der Waals surface area contributed by atoms with Crippen LogP contribution < -0.4 is 15.6 Å². The van der Waals surface area contributed by atoms with Crippen LogP contribution in [0.5, 0.6) is 5.75 Å². The van der Waals surface area contributed by atoms with Crippen molar-refractivity contribution in [1.82, 2.24) is 9.88 Å². The lowest BCUT2D eigenvalue weighted by molar-refractivity contribution is 0.0894. The molecule has 0 saturated heterocycles. The lowest BCUT2D eigenvalue weighted by Gasteiger charge is -2.26. The maximum absolute atomic E-state index is 12.5. The van der Waals surface area contributed by atoms with Crippen molar-refractivity contribution in [2.75, 3.05) is 6.61 Å². The van der Waals surface area contributed by atoms with Gasteiger partial charge in [-0.25, -0.2) is 0 Å². The highest BCUT2D eigenvalue weighted by Crippen LogP contribution is 2.31. The topological polar surface area (TPSA) is 73.5 Å². The molecule has 1 aliphatic rings. The molecular formula is C20H18N2O4. The van der Waals surface area contributed by atoms with Gasteiger partial charge in [0.05, 0.1) is 19.2 Å². The molecule has 26 heavy (non-hydrogen) atoms. The number of rotatable bonds is 4. The minimum atomic E-state index is -0.279. The summed E-state index contributed by atoms with van der Waals surface area (Å²) >= 11 is 0. The lowest BCUT2D eigenvalue weighted by atomic mass is 10.0. The van der Waals surface area contributed by atoms with E-state index in [0.717, 1.165) is 11.3 Å². The maximum Gasteiger partial charge on any atom is 0.287 e. The molecule has 1 aliphatic heterocycles. The number of amides is 1. The fourth-order valence-corrected chi connectivity index (χ4v) is 3.07. The lowest BCUT2D eigenvalue weighted by Crippen LogP contribution is -2.31. The van der Waals surface area contributed by atoms with Crippen molar-refractivity contribution >= 4 is 5.91 Å². The molecular weight excluding hydrogens is 332 g/mol. The number of pyridine rings is 1. The molecule has 1 aromatic carbocycles. The summed E-state index contributed by atoms with van der Waals surface area (Å²) < 4.78 is 12.8. The molecule has 1 unspecified atom stereocenters. The van der Waals surface area contributed by atoms with Crippen LogP contribution in [0, 0.1) is 0 Å². The fourth-order valence-electron chi connectivity index (χ4n) is 3.07. The molecule has 0 bridgehead atoms. The van der Waals surface area contributed by atoms with Crippen molar-refractivity contribution in [3.05, 3.63) is 88.2 Å². The normalized spacial score (nSPS) is 15.8. The van der Waals surface area contributed by atoms with Crippen molar-refractivity contribution in [2.24, 2.45) is 0 Å². The van der Waals surface area contributed by atoms with Crippen molar-refractivity contribution in [1.29, 1.82) is 0 Å². The summed E-state index contributed by atoms with van der Waals surface area (Å²) in [7, 11) is 0. The van der Waals surface area contributed by atoms with E-state index in [1.165, 1.54) is 10.6 Å². The number of ether oxygens (including phenoxy) is 1. The third-order valence-electron chi connectivity index (χ3n) is 4.37. The molecule has 132 valence electrons. The molecule has 6 nitrogen and oxygen atoms in total. The smallest absolute Gasteiger partial charge is 0.287 e. The van der Waals surface area contributed by atoms with E-state index in [4.69, 9.17) is 9.15 Å². The standard InChI is InChI=1S/C20H18N2O4/c23-19-7-3-4-11-22(19)13-14-8-9-18(26-14)20(24)21-16-10-12-25-17-6-2-1-5-15(16)17/h1-9,11,16H,10,12-13H2,(H,21,24). The maximum atomic E-state index is 12.5. The van der Waals surface area contributed by atoms with Crippen LogP contribution in [-0.2, 0) is 6.54 Å². The third kappa shape index (κ3) is 3.26. The second kappa shape index (κ2) is 6.92. The Labute approximate surface area is 150 Å². The van der Waals surface area contributed by atoms with Gasteiger partial charge < -0.3 is 19.0 Å². The number of fused-ring (bicyclic) bond motifs is 1. The van der Waals surface area contributed by atoms with Crippen LogP contribution in [-0.4, -0.2) is 17.1 Å². The first-order chi connectivity index (χ1) is 12.7. The fraction of sp³-hybridized carbons (Fsp3) is 0.200. The van der Waals surface area contributed by atoms with Crippen molar-refractivity contribution in [3.63, 3.8) is 0 Å². The average Bonchev–Trinajstić information content (AvgIpc) is 3.13. The minimum Gasteiger partial charge on any atom is -0.493 e. The quantitative estimate of drug-likeness (QED) is 0.785. The summed E-state index contributed by atoms with van der Waals surface area (Å²) in [6.07, 6.45) is 2.39. The molecule has 0 spiro atoms. The predicted molar refractivity (Wildman–Crippen MR) is 95.3 cm³/mol. The molecule has 4 rings (SSSR count). The summed E-state index contributed by atoms with van der Waals surface area (Å²) in [4.78, 5) is 24.3. The monoisotopic (exact) mass is 350 g/mol. The highest BCUT2D eigenvalue weighted by atomic mass is 16.5. The number of hydrogen-bond acceptors (Lipinski definition) is 4. The Morgan fingerprint density at radius 3 is 2.85 bits per heavy atom. The van der Waals surface area contributed by atoms with E-state index in [0.29, 0.717) is 18.8 Å². The Morgan fingerprint density at radius 1 is 1.12 bits per heavy atom. The molecule has 1 atom stereocenters. The summed E-state index contributed by atoms with van der Waals surface area (Å²) in [5.74, 6) is 1.30. The van der Waals surface area contributed by atoms with Crippen LogP contribution >= 0.6 is 0 Å². The zero-order valence-electron chi connectivity index (χ0n) is 14.1. The number of benzene rings is 1. The van der Waals surface area contributed by atoms with Gasteiger partial charge in [-0.3, -0.25) is 9.59 Å². The van der Waals surface area contributed by atoms with E-state index in [1.807, 2.05) is 24.3 Å². The van der Waals surface area contributed by atoms with Gasteiger partial charge in [-0.05, 0) is 24.3 Å². The number of carbonyl (C=O) groups is 1. The van der Waals surface area contributed by atoms with E-state index < -0.39 is 0 Å². The number of nitrogens with one attached hydrogen (secondary N) is 1. The van der Waals surface area contributed by atoms with Crippen molar-refractivity contribution in [3.8, 4) is 5.75 Å². The third-order valence-corrected chi connectivity index (χ3v) is 4.37. The van der Waals surface area contributed by atoms with E-state index in [2.05, 4.69) is 5.32 Å². The molecule has 1 N–H and O–H groups in total. The van der Waals surface area contributed by atoms with Gasteiger partial charge in [0.1, 0.15) is 11.5 Å². The first kappa shape index (κ1) is 16.2. The Balaban J connectivity index is 1.48. The summed E-state index contributed by atoms with van der Waals surface area (Å²) in [5, 5.41) is 3.00. The molecule has 3 aromatic rings. The van der Waals surface area contributed by atoms with Crippen LogP contribution in [0.1, 0.15) is 34.3 Å². The van der Waals surface area contributed by atoms with Gasteiger partial charge in [-0.2, -0.15) is 0 Å². The zero-order chi connectivity index (χ0) is 17.9. The molecule has 0 radical (unpaired) electrons.